The van der Waals surface area contributed by atoms with Crippen LogP contribution in [0.3, 0.4) is 0 Å². The zero-order chi connectivity index (χ0) is 13.2. The highest BCUT2D eigenvalue weighted by Gasteiger charge is 2.48. The topological polar surface area (TPSA) is 46.3 Å². The van der Waals surface area contributed by atoms with E-state index in [0.717, 1.165) is 32.2 Å². The number of carbonyl (C=O) groups excluding carboxylic acids is 1. The third-order valence-corrected chi connectivity index (χ3v) is 5.04. The number of amides is 1. The minimum Gasteiger partial charge on any atom is -0.392 e. The van der Waals surface area contributed by atoms with E-state index in [1.165, 1.54) is 4.88 Å². The van der Waals surface area contributed by atoms with Crippen LogP contribution in [0.2, 0.25) is 0 Å². The number of thiophene rings is 1. The largest absolute Gasteiger partial charge is 0.392 e. The molecule has 0 aliphatic heterocycles. The van der Waals surface area contributed by atoms with Gasteiger partial charge in [-0.25, -0.2) is 0 Å². The van der Waals surface area contributed by atoms with Crippen LogP contribution in [0.15, 0.2) is 17.5 Å². The van der Waals surface area contributed by atoms with Crippen molar-refractivity contribution in [3.05, 3.63) is 22.4 Å². The lowest BCUT2D eigenvalue weighted by atomic mass is 9.67. The van der Waals surface area contributed by atoms with Gasteiger partial charge in [0.05, 0.1) is 10.4 Å². The fraction of sp³-hybridized carbons (Fsp3) is 0.538. The number of nitrogens with two attached hydrogens (primary N) is 1. The summed E-state index contributed by atoms with van der Waals surface area (Å²) in [5.41, 5.74) is 5.21. The molecule has 18 heavy (non-hydrogen) atoms. The minimum absolute atomic E-state index is 0.0952. The van der Waals surface area contributed by atoms with Gasteiger partial charge in [-0.15, -0.1) is 11.3 Å². The van der Waals surface area contributed by atoms with Crippen LogP contribution in [-0.2, 0) is 11.2 Å². The van der Waals surface area contributed by atoms with Crippen molar-refractivity contribution in [3.63, 3.8) is 0 Å². The van der Waals surface area contributed by atoms with Gasteiger partial charge in [-0.1, -0.05) is 24.7 Å². The molecular weight excluding hydrogens is 264 g/mol. The van der Waals surface area contributed by atoms with Crippen molar-refractivity contribution in [2.45, 2.75) is 25.7 Å². The molecule has 2 N–H and O–H groups in total. The van der Waals surface area contributed by atoms with E-state index in [4.69, 9.17) is 18.0 Å². The maximum atomic E-state index is 12.4. The molecule has 0 unspecified atom stereocenters. The Labute approximate surface area is 117 Å². The molecule has 98 valence electrons. The zero-order valence-corrected chi connectivity index (χ0v) is 12.1. The first-order valence-electron chi connectivity index (χ1n) is 6.14. The van der Waals surface area contributed by atoms with Crippen molar-refractivity contribution >= 4 is 34.5 Å². The first-order chi connectivity index (χ1) is 8.56. The summed E-state index contributed by atoms with van der Waals surface area (Å²) in [5, 5.41) is 2.06. The Bertz CT molecular complexity index is 438. The second-order valence-electron chi connectivity index (χ2n) is 4.86. The van der Waals surface area contributed by atoms with Crippen LogP contribution in [-0.4, -0.2) is 29.4 Å². The van der Waals surface area contributed by atoms with E-state index in [1.54, 1.807) is 16.2 Å². The molecule has 0 spiro atoms. The van der Waals surface area contributed by atoms with E-state index in [-0.39, 0.29) is 5.91 Å². The summed E-state index contributed by atoms with van der Waals surface area (Å²) in [6.45, 7) is 0.726. The van der Waals surface area contributed by atoms with Crippen molar-refractivity contribution in [2.24, 2.45) is 11.1 Å². The maximum Gasteiger partial charge on any atom is 0.235 e. The van der Waals surface area contributed by atoms with Gasteiger partial charge in [-0.05, 0) is 30.7 Å². The van der Waals surface area contributed by atoms with Crippen LogP contribution in [0.25, 0.3) is 0 Å². The fourth-order valence-electron chi connectivity index (χ4n) is 2.30. The highest BCUT2D eigenvalue weighted by Crippen LogP contribution is 2.42. The van der Waals surface area contributed by atoms with Crippen LogP contribution < -0.4 is 5.73 Å². The Morgan fingerprint density at radius 2 is 2.33 bits per heavy atom. The monoisotopic (exact) mass is 282 g/mol. The van der Waals surface area contributed by atoms with E-state index >= 15 is 0 Å². The molecule has 1 heterocycles. The Hall–Kier alpha value is -0.940. The number of carbonyl (C=O) groups is 1. The lowest BCUT2D eigenvalue weighted by Gasteiger charge is -2.41. The summed E-state index contributed by atoms with van der Waals surface area (Å²) in [5.74, 6) is 0.0952. The zero-order valence-electron chi connectivity index (χ0n) is 10.5. The second kappa shape index (κ2) is 5.36. The number of rotatable bonds is 5. The molecule has 2 rings (SSSR count). The highest BCUT2D eigenvalue weighted by molar-refractivity contribution is 7.80. The molecule has 1 aliphatic carbocycles. The van der Waals surface area contributed by atoms with Crippen LogP contribution in [0.4, 0.5) is 0 Å². The van der Waals surface area contributed by atoms with E-state index in [1.807, 2.05) is 13.1 Å². The molecule has 1 aromatic heterocycles. The van der Waals surface area contributed by atoms with Crippen molar-refractivity contribution in [3.8, 4) is 0 Å². The minimum atomic E-state index is -0.542. The molecule has 1 saturated carbocycles. The quantitative estimate of drug-likeness (QED) is 0.842. The average molecular weight is 282 g/mol. The Morgan fingerprint density at radius 1 is 1.61 bits per heavy atom. The number of nitrogens with zero attached hydrogens (tertiary/aromatic N) is 1. The summed E-state index contributed by atoms with van der Waals surface area (Å²) in [7, 11) is 1.84. The predicted octanol–water partition coefficient (Wildman–Crippen LogP) is 2.21. The number of likely N-dealkylation sites (N-methyl/N-ethyl adjacent to an activating group) is 1. The molecular formula is C13H18N2OS2. The molecule has 3 nitrogen and oxygen atoms in total. The van der Waals surface area contributed by atoms with E-state index < -0.39 is 5.41 Å². The van der Waals surface area contributed by atoms with E-state index in [9.17, 15) is 4.79 Å². The Kier molecular flexibility index (Phi) is 4.02. The molecule has 0 radical (unpaired) electrons. The second-order valence-corrected chi connectivity index (χ2v) is 6.33. The molecule has 1 aromatic rings. The summed E-state index contributed by atoms with van der Waals surface area (Å²) < 4.78 is 0. The van der Waals surface area contributed by atoms with Gasteiger partial charge in [0.2, 0.25) is 5.91 Å². The molecule has 0 aromatic carbocycles. The summed E-state index contributed by atoms with van der Waals surface area (Å²) in [6.07, 6.45) is 3.56. The summed E-state index contributed by atoms with van der Waals surface area (Å²) in [6, 6.07) is 4.12. The first-order valence-corrected chi connectivity index (χ1v) is 7.43. The summed E-state index contributed by atoms with van der Waals surface area (Å²) in [4.78, 5) is 15.8. The smallest absolute Gasteiger partial charge is 0.235 e. The molecule has 1 fully saturated rings. The van der Waals surface area contributed by atoms with Gasteiger partial charge < -0.3 is 10.6 Å². The van der Waals surface area contributed by atoms with Crippen molar-refractivity contribution < 1.29 is 4.79 Å². The van der Waals surface area contributed by atoms with Gasteiger partial charge in [0.15, 0.2) is 0 Å². The Balaban J connectivity index is 1.94. The van der Waals surface area contributed by atoms with Crippen molar-refractivity contribution in [1.82, 2.24) is 4.90 Å². The lowest BCUT2D eigenvalue weighted by Crippen LogP contribution is -2.53. The molecule has 5 heteroatoms. The van der Waals surface area contributed by atoms with Gasteiger partial charge in [-0.2, -0.15) is 0 Å². The predicted molar refractivity (Wildman–Crippen MR) is 78.7 cm³/mol. The van der Waals surface area contributed by atoms with Crippen LogP contribution in [0.1, 0.15) is 24.1 Å². The molecule has 0 bridgehead atoms. The lowest BCUT2D eigenvalue weighted by molar-refractivity contribution is -0.140. The fourth-order valence-corrected chi connectivity index (χ4v) is 3.29. The van der Waals surface area contributed by atoms with Gasteiger partial charge >= 0.3 is 0 Å². The first kappa shape index (κ1) is 13.5. The normalized spacial score (nSPS) is 16.9. The van der Waals surface area contributed by atoms with Crippen LogP contribution >= 0.6 is 23.6 Å². The standard InChI is InChI=1S/C13H18N2OS2/c1-15(8-5-10-4-2-9-18-10)12(16)13(11(14)17)6-3-7-13/h2,4,9H,3,5-8H2,1H3,(H2,14,17). The SMILES string of the molecule is CN(CCc1cccs1)C(=O)C1(C(N)=S)CCC1. The number of hydrogen-bond donors (Lipinski definition) is 1. The average Bonchev–Trinajstić information content (AvgIpc) is 2.76. The maximum absolute atomic E-state index is 12.4. The van der Waals surface area contributed by atoms with Gasteiger partial charge in [0, 0.05) is 18.5 Å². The third kappa shape index (κ3) is 2.42. The molecule has 0 atom stereocenters. The van der Waals surface area contributed by atoms with Crippen molar-refractivity contribution in [2.75, 3.05) is 13.6 Å². The van der Waals surface area contributed by atoms with Gasteiger partial charge in [0.1, 0.15) is 0 Å². The van der Waals surface area contributed by atoms with Crippen molar-refractivity contribution in [1.29, 1.82) is 0 Å². The third-order valence-electron chi connectivity index (χ3n) is 3.71. The number of thiocarbonyl (C=S) groups is 1. The summed E-state index contributed by atoms with van der Waals surface area (Å²) >= 11 is 6.79. The molecule has 1 amide bonds. The van der Waals surface area contributed by atoms with Crippen LogP contribution in [0.5, 0.6) is 0 Å². The van der Waals surface area contributed by atoms with Gasteiger partial charge in [-0.3, -0.25) is 4.79 Å². The van der Waals surface area contributed by atoms with Crippen LogP contribution in [0, 0.1) is 5.41 Å². The molecule has 1 aliphatic rings. The highest BCUT2D eigenvalue weighted by atomic mass is 32.1. The molecule has 0 saturated heterocycles. The Morgan fingerprint density at radius 3 is 2.78 bits per heavy atom. The van der Waals surface area contributed by atoms with Gasteiger partial charge in [0.25, 0.3) is 0 Å². The van der Waals surface area contributed by atoms with E-state index in [0.29, 0.717) is 4.99 Å². The number of hydrogen-bond acceptors (Lipinski definition) is 3. The van der Waals surface area contributed by atoms with E-state index in [2.05, 4.69) is 11.4 Å².